The molecule has 0 fully saturated rings. The maximum Gasteiger partial charge on any atom is 0.303 e. The van der Waals surface area contributed by atoms with Gasteiger partial charge in [-0.3, -0.25) is 4.79 Å². The zero-order valence-corrected chi connectivity index (χ0v) is 10.8. The van der Waals surface area contributed by atoms with E-state index in [1.807, 2.05) is 18.4 Å². The summed E-state index contributed by atoms with van der Waals surface area (Å²) in [5, 5.41) is 8.56. The number of hydrogen-bond acceptors (Lipinski definition) is 2. The smallest absolute Gasteiger partial charge is 0.303 e. The predicted octanol–water partition coefficient (Wildman–Crippen LogP) is 3.03. The van der Waals surface area contributed by atoms with Gasteiger partial charge in [0.15, 0.2) is 0 Å². The molecule has 0 radical (unpaired) electrons. The van der Waals surface area contributed by atoms with Gasteiger partial charge in [-0.15, -0.1) is 11.8 Å². The summed E-state index contributed by atoms with van der Waals surface area (Å²) in [6.07, 6.45) is 2.85. The molecule has 0 unspecified atom stereocenters. The Hall–Kier alpha value is -0.230. The summed E-state index contributed by atoms with van der Waals surface area (Å²) in [4.78, 5) is 11.6. The predicted molar refractivity (Wildman–Crippen MR) is 66.9 cm³/mol. The second-order valence-electron chi connectivity index (χ2n) is 2.85. The number of carbonyl (C=O) groups is 1. The summed E-state index contributed by atoms with van der Waals surface area (Å²) in [6.45, 7) is 0. The molecule has 2 nitrogen and oxygen atoms in total. The van der Waals surface area contributed by atoms with Gasteiger partial charge in [-0.05, 0) is 53.0 Å². The average molecular weight is 322 g/mol. The van der Waals surface area contributed by atoms with Crippen molar-refractivity contribution in [1.29, 1.82) is 0 Å². The van der Waals surface area contributed by atoms with Gasteiger partial charge in [0.2, 0.25) is 0 Å². The molecule has 1 rings (SSSR count). The van der Waals surface area contributed by atoms with E-state index in [-0.39, 0.29) is 6.42 Å². The largest absolute Gasteiger partial charge is 0.481 e. The molecule has 0 aliphatic rings. The number of carboxylic acids is 1. The summed E-state index contributed by atoms with van der Waals surface area (Å²) < 4.78 is 1.15. The maximum absolute atomic E-state index is 10.4. The SMILES string of the molecule is CSc1ccc(CCC(=O)O)c(I)c1. The van der Waals surface area contributed by atoms with Crippen molar-refractivity contribution in [3.8, 4) is 0 Å². The Morgan fingerprint density at radius 3 is 2.79 bits per heavy atom. The number of aliphatic carboxylic acids is 1. The van der Waals surface area contributed by atoms with Crippen LogP contribution in [-0.4, -0.2) is 17.3 Å². The van der Waals surface area contributed by atoms with Crippen LogP contribution in [0.25, 0.3) is 0 Å². The standard InChI is InChI=1S/C10H11IO2S/c1-14-8-4-2-7(9(11)6-8)3-5-10(12)13/h2,4,6H,3,5H2,1H3,(H,12,13). The third kappa shape index (κ3) is 3.49. The number of benzene rings is 1. The van der Waals surface area contributed by atoms with Crippen molar-refractivity contribution in [3.63, 3.8) is 0 Å². The van der Waals surface area contributed by atoms with Crippen LogP contribution in [0.15, 0.2) is 23.1 Å². The molecule has 0 bridgehead atoms. The first kappa shape index (κ1) is 11.8. The molecule has 76 valence electrons. The van der Waals surface area contributed by atoms with Gasteiger partial charge in [-0.2, -0.15) is 0 Å². The Labute approximate surface area is 101 Å². The van der Waals surface area contributed by atoms with Gasteiger partial charge in [0.1, 0.15) is 0 Å². The van der Waals surface area contributed by atoms with E-state index in [1.165, 1.54) is 4.90 Å². The van der Waals surface area contributed by atoms with Crippen LogP contribution >= 0.6 is 34.4 Å². The minimum atomic E-state index is -0.741. The molecule has 0 aliphatic heterocycles. The fourth-order valence-electron chi connectivity index (χ4n) is 1.10. The first-order valence-corrected chi connectivity index (χ1v) is 6.48. The Balaban J connectivity index is 2.73. The maximum atomic E-state index is 10.4. The van der Waals surface area contributed by atoms with Crippen LogP contribution in [0, 0.1) is 3.57 Å². The Morgan fingerprint density at radius 1 is 1.57 bits per heavy atom. The summed E-state index contributed by atoms with van der Waals surface area (Å²) >= 11 is 3.94. The van der Waals surface area contributed by atoms with Gasteiger partial charge in [0, 0.05) is 14.9 Å². The van der Waals surface area contributed by atoms with Crippen molar-refractivity contribution >= 4 is 40.3 Å². The Kier molecular flexibility index (Phi) is 4.74. The topological polar surface area (TPSA) is 37.3 Å². The van der Waals surface area contributed by atoms with Gasteiger partial charge in [-0.1, -0.05) is 6.07 Å². The van der Waals surface area contributed by atoms with Crippen molar-refractivity contribution < 1.29 is 9.90 Å². The number of thioether (sulfide) groups is 1. The molecule has 0 saturated heterocycles. The molecule has 4 heteroatoms. The zero-order valence-electron chi connectivity index (χ0n) is 7.79. The lowest BCUT2D eigenvalue weighted by Crippen LogP contribution is -1.98. The molecular weight excluding hydrogens is 311 g/mol. The molecule has 1 aromatic rings. The third-order valence-electron chi connectivity index (χ3n) is 1.87. The molecular formula is C10H11IO2S. The molecule has 0 atom stereocenters. The quantitative estimate of drug-likeness (QED) is 0.684. The van der Waals surface area contributed by atoms with E-state index in [4.69, 9.17) is 5.11 Å². The lowest BCUT2D eigenvalue weighted by molar-refractivity contribution is -0.136. The highest BCUT2D eigenvalue weighted by atomic mass is 127. The molecule has 14 heavy (non-hydrogen) atoms. The van der Waals surface area contributed by atoms with E-state index in [1.54, 1.807) is 11.8 Å². The monoisotopic (exact) mass is 322 g/mol. The van der Waals surface area contributed by atoms with Crippen LogP contribution in [0.4, 0.5) is 0 Å². The molecule has 0 amide bonds. The second kappa shape index (κ2) is 5.60. The van der Waals surface area contributed by atoms with Gasteiger partial charge in [-0.25, -0.2) is 0 Å². The van der Waals surface area contributed by atoms with Crippen molar-refractivity contribution in [1.82, 2.24) is 0 Å². The minimum absolute atomic E-state index is 0.203. The number of hydrogen-bond donors (Lipinski definition) is 1. The van der Waals surface area contributed by atoms with Crippen LogP contribution in [0.3, 0.4) is 0 Å². The van der Waals surface area contributed by atoms with Crippen molar-refractivity contribution in [2.75, 3.05) is 6.26 Å². The first-order valence-electron chi connectivity index (χ1n) is 4.17. The van der Waals surface area contributed by atoms with E-state index in [2.05, 4.69) is 28.7 Å². The van der Waals surface area contributed by atoms with E-state index in [0.29, 0.717) is 6.42 Å². The molecule has 0 spiro atoms. The van der Waals surface area contributed by atoms with E-state index in [0.717, 1.165) is 9.13 Å². The lowest BCUT2D eigenvalue weighted by atomic mass is 10.1. The van der Waals surface area contributed by atoms with E-state index >= 15 is 0 Å². The third-order valence-corrected chi connectivity index (χ3v) is 3.60. The Morgan fingerprint density at radius 2 is 2.29 bits per heavy atom. The highest BCUT2D eigenvalue weighted by molar-refractivity contribution is 14.1. The average Bonchev–Trinajstić information content (AvgIpc) is 2.15. The first-order chi connectivity index (χ1) is 6.63. The van der Waals surface area contributed by atoms with Gasteiger partial charge in [0.05, 0.1) is 0 Å². The summed E-state index contributed by atoms with van der Waals surface area (Å²) in [7, 11) is 0. The fraction of sp³-hybridized carbons (Fsp3) is 0.300. The highest BCUT2D eigenvalue weighted by Crippen LogP contribution is 2.21. The van der Waals surface area contributed by atoms with Crippen LogP contribution in [0.1, 0.15) is 12.0 Å². The van der Waals surface area contributed by atoms with E-state index in [9.17, 15) is 4.79 Å². The molecule has 0 heterocycles. The molecule has 0 saturated carbocycles. The van der Waals surface area contributed by atoms with Crippen LogP contribution < -0.4 is 0 Å². The summed E-state index contributed by atoms with van der Waals surface area (Å²) in [5.41, 5.74) is 1.12. The van der Waals surface area contributed by atoms with Crippen molar-refractivity contribution in [3.05, 3.63) is 27.3 Å². The van der Waals surface area contributed by atoms with Crippen molar-refractivity contribution in [2.45, 2.75) is 17.7 Å². The number of aryl methyl sites for hydroxylation is 1. The normalized spacial score (nSPS) is 10.1. The molecule has 0 aromatic heterocycles. The van der Waals surface area contributed by atoms with Crippen LogP contribution in [-0.2, 0) is 11.2 Å². The molecule has 0 aliphatic carbocycles. The van der Waals surface area contributed by atoms with Gasteiger partial charge in [0.25, 0.3) is 0 Å². The number of rotatable bonds is 4. The highest BCUT2D eigenvalue weighted by Gasteiger charge is 2.03. The second-order valence-corrected chi connectivity index (χ2v) is 4.89. The zero-order chi connectivity index (χ0) is 10.6. The lowest BCUT2D eigenvalue weighted by Gasteiger charge is -2.04. The van der Waals surface area contributed by atoms with Gasteiger partial charge < -0.3 is 5.11 Å². The van der Waals surface area contributed by atoms with Crippen LogP contribution in [0.2, 0.25) is 0 Å². The summed E-state index contributed by atoms with van der Waals surface area (Å²) in [5.74, 6) is -0.741. The Bertz CT molecular complexity index is 339. The minimum Gasteiger partial charge on any atom is -0.481 e. The summed E-state index contributed by atoms with van der Waals surface area (Å²) in [6, 6.07) is 6.13. The van der Waals surface area contributed by atoms with Crippen molar-refractivity contribution in [2.24, 2.45) is 0 Å². The number of carboxylic acid groups (broad SMARTS) is 1. The molecule has 1 aromatic carbocycles. The fourth-order valence-corrected chi connectivity index (χ4v) is 2.54. The number of halogens is 1. The van der Waals surface area contributed by atoms with E-state index < -0.39 is 5.97 Å². The molecule has 1 N–H and O–H groups in total. The van der Waals surface area contributed by atoms with Crippen LogP contribution in [0.5, 0.6) is 0 Å². The van der Waals surface area contributed by atoms with Gasteiger partial charge >= 0.3 is 5.97 Å².